The third kappa shape index (κ3) is 3.70. The van der Waals surface area contributed by atoms with Crippen LogP contribution >= 0.6 is 0 Å². The molecule has 24 heavy (non-hydrogen) atoms. The van der Waals surface area contributed by atoms with Crippen LogP contribution in [0.5, 0.6) is 11.9 Å². The summed E-state index contributed by atoms with van der Waals surface area (Å²) in [6.45, 7) is 1.12. The van der Waals surface area contributed by atoms with Gasteiger partial charge in [0.1, 0.15) is 6.10 Å². The van der Waals surface area contributed by atoms with Gasteiger partial charge in [0.15, 0.2) is 0 Å². The predicted molar refractivity (Wildman–Crippen MR) is 85.2 cm³/mol. The van der Waals surface area contributed by atoms with E-state index >= 15 is 0 Å². The van der Waals surface area contributed by atoms with E-state index in [9.17, 15) is 9.59 Å². The van der Waals surface area contributed by atoms with Crippen LogP contribution in [-0.4, -0.2) is 52.1 Å². The van der Waals surface area contributed by atoms with E-state index in [1.165, 1.54) is 25.4 Å². The quantitative estimate of drug-likeness (QED) is 0.893. The Morgan fingerprint density at radius 2 is 2.25 bits per heavy atom. The van der Waals surface area contributed by atoms with Crippen LogP contribution in [0.2, 0.25) is 0 Å². The van der Waals surface area contributed by atoms with Crippen molar-refractivity contribution in [2.75, 3.05) is 20.2 Å². The Kier molecular flexibility index (Phi) is 4.74. The summed E-state index contributed by atoms with van der Waals surface area (Å²) in [7, 11) is 1.49. The summed E-state index contributed by atoms with van der Waals surface area (Å²) in [5.74, 6) is 0.296. The van der Waals surface area contributed by atoms with Crippen molar-refractivity contribution in [2.24, 2.45) is 0 Å². The fourth-order valence-corrected chi connectivity index (χ4v) is 2.60. The Morgan fingerprint density at radius 3 is 3.00 bits per heavy atom. The summed E-state index contributed by atoms with van der Waals surface area (Å²) in [5.41, 5.74) is 0.225. The number of methoxy groups -OCH3 is 1. The largest absolute Gasteiger partial charge is 0.472 e. The Morgan fingerprint density at radius 1 is 1.38 bits per heavy atom. The van der Waals surface area contributed by atoms with Crippen molar-refractivity contribution in [3.05, 3.63) is 46.5 Å². The predicted octanol–water partition coefficient (Wildman–Crippen LogP) is 0.857. The summed E-state index contributed by atoms with van der Waals surface area (Å²) >= 11 is 0. The molecule has 1 fully saturated rings. The molecule has 2 aromatic rings. The fraction of sp³-hybridized carbons (Fsp3) is 0.375. The van der Waals surface area contributed by atoms with E-state index in [-0.39, 0.29) is 23.6 Å². The van der Waals surface area contributed by atoms with Crippen molar-refractivity contribution in [1.29, 1.82) is 0 Å². The molecular weight excluding hydrogens is 312 g/mol. The number of ether oxygens (including phenoxy) is 2. The maximum Gasteiger partial charge on any atom is 0.319 e. The van der Waals surface area contributed by atoms with Crippen molar-refractivity contribution < 1.29 is 14.3 Å². The van der Waals surface area contributed by atoms with Crippen molar-refractivity contribution in [2.45, 2.75) is 18.9 Å². The smallest absolute Gasteiger partial charge is 0.319 e. The number of aromatic amines is 1. The molecule has 1 unspecified atom stereocenters. The van der Waals surface area contributed by atoms with Crippen molar-refractivity contribution in [3.63, 3.8) is 0 Å². The molecule has 0 saturated carbocycles. The standard InChI is InChI=1S/C16H18N4O4/c1-23-16-17-7-6-14(19-16)24-12-3-2-8-20(10-12)15(22)11-4-5-13(21)18-9-11/h4-7,9,12H,2-3,8,10H2,1H3,(H,18,21). The normalized spacial score (nSPS) is 17.4. The SMILES string of the molecule is COc1nccc(OC2CCCN(C(=O)c3ccc(=O)[nH]c3)C2)n1. The Labute approximate surface area is 138 Å². The molecule has 1 atom stereocenters. The van der Waals surface area contributed by atoms with Gasteiger partial charge >= 0.3 is 6.01 Å². The van der Waals surface area contributed by atoms with Gasteiger partial charge in [-0.1, -0.05) is 0 Å². The fourth-order valence-electron chi connectivity index (χ4n) is 2.60. The van der Waals surface area contributed by atoms with Crippen LogP contribution in [0.25, 0.3) is 0 Å². The average molecular weight is 330 g/mol. The first-order valence-electron chi connectivity index (χ1n) is 7.67. The molecule has 8 heteroatoms. The highest BCUT2D eigenvalue weighted by Gasteiger charge is 2.26. The lowest BCUT2D eigenvalue weighted by atomic mass is 10.1. The zero-order valence-corrected chi connectivity index (χ0v) is 13.3. The van der Waals surface area contributed by atoms with E-state index in [2.05, 4.69) is 15.0 Å². The second kappa shape index (κ2) is 7.12. The average Bonchev–Trinajstić information content (AvgIpc) is 2.62. The number of aromatic nitrogens is 3. The summed E-state index contributed by atoms with van der Waals surface area (Å²) in [4.78, 5) is 35.9. The van der Waals surface area contributed by atoms with Gasteiger partial charge in [0.2, 0.25) is 11.4 Å². The highest BCUT2D eigenvalue weighted by molar-refractivity contribution is 5.93. The first kappa shape index (κ1) is 16.0. The molecule has 8 nitrogen and oxygen atoms in total. The molecule has 1 aliphatic rings. The molecule has 0 aliphatic carbocycles. The Balaban J connectivity index is 1.66. The second-order valence-corrected chi connectivity index (χ2v) is 5.46. The topological polar surface area (TPSA) is 97.4 Å². The van der Waals surface area contributed by atoms with Crippen molar-refractivity contribution >= 4 is 5.91 Å². The lowest BCUT2D eigenvalue weighted by molar-refractivity contribution is 0.0525. The summed E-state index contributed by atoms with van der Waals surface area (Å²) in [5, 5.41) is 0. The maximum atomic E-state index is 12.5. The number of H-pyrrole nitrogens is 1. The molecule has 0 radical (unpaired) electrons. The molecule has 0 aromatic carbocycles. The maximum absolute atomic E-state index is 12.5. The number of carbonyl (C=O) groups is 1. The highest BCUT2D eigenvalue weighted by atomic mass is 16.5. The van der Waals surface area contributed by atoms with Crippen molar-refractivity contribution in [3.8, 4) is 11.9 Å². The number of nitrogens with zero attached hydrogens (tertiary/aromatic N) is 3. The van der Waals surface area contributed by atoms with Gasteiger partial charge in [-0.15, -0.1) is 0 Å². The molecule has 126 valence electrons. The van der Waals surface area contributed by atoms with Crippen LogP contribution in [0.4, 0.5) is 0 Å². The van der Waals surface area contributed by atoms with Crippen LogP contribution in [0.15, 0.2) is 35.4 Å². The van der Waals surface area contributed by atoms with Crippen LogP contribution < -0.4 is 15.0 Å². The second-order valence-electron chi connectivity index (χ2n) is 5.46. The molecule has 0 bridgehead atoms. The molecule has 1 aliphatic heterocycles. The minimum Gasteiger partial charge on any atom is -0.472 e. The lowest BCUT2D eigenvalue weighted by Gasteiger charge is -2.32. The molecule has 3 rings (SSSR count). The number of likely N-dealkylation sites (tertiary alicyclic amines) is 1. The number of rotatable bonds is 4. The lowest BCUT2D eigenvalue weighted by Crippen LogP contribution is -2.44. The molecule has 1 amide bonds. The number of amides is 1. The van der Waals surface area contributed by atoms with Gasteiger partial charge in [0.25, 0.3) is 5.91 Å². The number of hydrogen-bond donors (Lipinski definition) is 1. The van der Waals surface area contributed by atoms with E-state index in [0.29, 0.717) is 24.5 Å². The van der Waals surface area contributed by atoms with E-state index in [1.54, 1.807) is 17.2 Å². The minimum absolute atomic E-state index is 0.125. The molecule has 0 spiro atoms. The van der Waals surface area contributed by atoms with E-state index in [4.69, 9.17) is 9.47 Å². The first-order chi connectivity index (χ1) is 11.7. The Hall–Kier alpha value is -2.90. The molecular formula is C16H18N4O4. The zero-order chi connectivity index (χ0) is 16.9. The van der Waals surface area contributed by atoms with Gasteiger partial charge in [0.05, 0.1) is 19.2 Å². The summed E-state index contributed by atoms with van der Waals surface area (Å²) < 4.78 is 10.8. The van der Waals surface area contributed by atoms with Crippen LogP contribution in [-0.2, 0) is 0 Å². The number of pyridine rings is 1. The summed E-state index contributed by atoms with van der Waals surface area (Å²) in [6.07, 6.45) is 4.52. The highest BCUT2D eigenvalue weighted by Crippen LogP contribution is 2.19. The zero-order valence-electron chi connectivity index (χ0n) is 13.3. The van der Waals surface area contributed by atoms with Gasteiger partial charge in [-0.25, -0.2) is 4.98 Å². The number of carbonyl (C=O) groups excluding carboxylic acids is 1. The minimum atomic E-state index is -0.232. The van der Waals surface area contributed by atoms with Crippen LogP contribution in [0, 0.1) is 0 Å². The molecule has 2 aromatic heterocycles. The van der Waals surface area contributed by atoms with Gasteiger partial charge in [-0.2, -0.15) is 4.98 Å². The molecule has 1 N–H and O–H groups in total. The number of nitrogens with one attached hydrogen (secondary N) is 1. The van der Waals surface area contributed by atoms with Crippen molar-refractivity contribution in [1.82, 2.24) is 19.9 Å². The third-order valence-electron chi connectivity index (χ3n) is 3.77. The van der Waals surface area contributed by atoms with E-state index in [1.807, 2.05) is 0 Å². The van der Waals surface area contributed by atoms with Gasteiger partial charge < -0.3 is 19.4 Å². The van der Waals surface area contributed by atoms with E-state index < -0.39 is 0 Å². The van der Waals surface area contributed by atoms with Gasteiger partial charge in [-0.05, 0) is 18.9 Å². The molecule has 1 saturated heterocycles. The first-order valence-corrected chi connectivity index (χ1v) is 7.67. The number of piperidine rings is 1. The van der Waals surface area contributed by atoms with Crippen LogP contribution in [0.1, 0.15) is 23.2 Å². The monoisotopic (exact) mass is 330 g/mol. The summed E-state index contributed by atoms with van der Waals surface area (Å²) in [6, 6.07) is 4.77. The van der Waals surface area contributed by atoms with Gasteiger partial charge in [-0.3, -0.25) is 9.59 Å². The Bertz CT molecular complexity index is 756. The van der Waals surface area contributed by atoms with Crippen LogP contribution in [0.3, 0.4) is 0 Å². The number of hydrogen-bond acceptors (Lipinski definition) is 6. The third-order valence-corrected chi connectivity index (χ3v) is 3.77. The van der Waals surface area contributed by atoms with E-state index in [0.717, 1.165) is 12.8 Å². The van der Waals surface area contributed by atoms with Gasteiger partial charge in [0, 0.05) is 31.1 Å². The molecule has 3 heterocycles.